The van der Waals surface area contributed by atoms with E-state index in [4.69, 9.17) is 10.5 Å². The van der Waals surface area contributed by atoms with Crippen LogP contribution < -0.4 is 5.73 Å². The van der Waals surface area contributed by atoms with Crippen LogP contribution in [0, 0.1) is 16.7 Å². The summed E-state index contributed by atoms with van der Waals surface area (Å²) in [6.07, 6.45) is 10.3. The molecule has 3 unspecified atom stereocenters. The van der Waals surface area contributed by atoms with Gasteiger partial charge in [0.1, 0.15) is 0 Å². The minimum absolute atomic E-state index is 0.0334. The van der Waals surface area contributed by atoms with E-state index >= 15 is 0 Å². The number of hydrogen-bond donors (Lipinski definition) is 1. The molecule has 4 aliphatic rings. The Morgan fingerprint density at radius 3 is 2.43 bits per heavy atom. The summed E-state index contributed by atoms with van der Waals surface area (Å²) in [6, 6.07) is 0. The fourth-order valence-corrected chi connectivity index (χ4v) is 5.98. The second-order valence-corrected chi connectivity index (χ2v) is 8.93. The monoisotopic (exact) mass is 292 g/mol. The molecule has 120 valence electrons. The number of rotatable bonds is 2. The highest BCUT2D eigenvalue weighted by atomic mass is 16.5. The van der Waals surface area contributed by atoms with Crippen molar-refractivity contribution in [2.75, 3.05) is 26.2 Å². The van der Waals surface area contributed by atoms with Gasteiger partial charge < -0.3 is 15.4 Å². The lowest BCUT2D eigenvalue weighted by Gasteiger charge is -2.64. The summed E-state index contributed by atoms with van der Waals surface area (Å²) in [5.41, 5.74) is 7.74. The van der Waals surface area contributed by atoms with E-state index in [-0.39, 0.29) is 11.0 Å². The molecule has 0 aromatic heterocycles. The molecule has 2 saturated carbocycles. The predicted octanol–water partition coefficient (Wildman–Crippen LogP) is 2.79. The van der Waals surface area contributed by atoms with Gasteiger partial charge in [0, 0.05) is 30.0 Å². The standard InChI is InChI=1S/C18H32N2O/c1-16(2)15-14(5-12-21-15)18(16,19)13-20-10-8-17(9-11-20)6-3-4-7-17/h14-15H,3-13,19H2,1-2H3. The van der Waals surface area contributed by atoms with Gasteiger partial charge in [-0.15, -0.1) is 0 Å². The van der Waals surface area contributed by atoms with Crippen molar-refractivity contribution < 1.29 is 4.74 Å². The lowest BCUT2D eigenvalue weighted by molar-refractivity contribution is -0.165. The van der Waals surface area contributed by atoms with E-state index in [1.165, 1.54) is 58.0 Å². The van der Waals surface area contributed by atoms with Gasteiger partial charge in [-0.25, -0.2) is 0 Å². The smallest absolute Gasteiger partial charge is 0.0691 e. The Balaban J connectivity index is 1.40. The van der Waals surface area contributed by atoms with Crippen LogP contribution in [-0.2, 0) is 4.74 Å². The fourth-order valence-electron chi connectivity index (χ4n) is 5.98. The number of likely N-dealkylation sites (tertiary alicyclic amines) is 1. The summed E-state index contributed by atoms with van der Waals surface area (Å²) in [4.78, 5) is 2.67. The van der Waals surface area contributed by atoms with E-state index in [1.54, 1.807) is 0 Å². The third kappa shape index (κ3) is 1.96. The van der Waals surface area contributed by atoms with Gasteiger partial charge in [0.2, 0.25) is 0 Å². The number of nitrogens with two attached hydrogens (primary N) is 1. The molecule has 3 atom stereocenters. The average Bonchev–Trinajstić information content (AvgIpc) is 3.11. The van der Waals surface area contributed by atoms with Crippen LogP contribution in [0.5, 0.6) is 0 Å². The van der Waals surface area contributed by atoms with Crippen molar-refractivity contribution in [3.05, 3.63) is 0 Å². The van der Waals surface area contributed by atoms with Crippen molar-refractivity contribution in [2.45, 2.75) is 70.4 Å². The van der Waals surface area contributed by atoms with Crippen molar-refractivity contribution >= 4 is 0 Å². The number of nitrogens with zero attached hydrogens (tertiary/aromatic N) is 1. The maximum atomic E-state index is 6.92. The second kappa shape index (κ2) is 4.69. The largest absolute Gasteiger partial charge is 0.377 e. The van der Waals surface area contributed by atoms with Crippen molar-refractivity contribution in [1.82, 2.24) is 4.90 Å². The Labute approximate surface area is 129 Å². The van der Waals surface area contributed by atoms with Crippen LogP contribution in [0.2, 0.25) is 0 Å². The highest BCUT2D eigenvalue weighted by Gasteiger charge is 2.67. The average molecular weight is 292 g/mol. The molecule has 0 amide bonds. The number of hydrogen-bond acceptors (Lipinski definition) is 3. The normalized spacial score (nSPS) is 44.7. The molecule has 0 bridgehead atoms. The lowest BCUT2D eigenvalue weighted by atomic mass is 9.48. The minimum atomic E-state index is -0.0334. The van der Waals surface area contributed by atoms with Gasteiger partial charge in [0.05, 0.1) is 6.10 Å². The zero-order chi connectivity index (χ0) is 14.7. The molecule has 2 N–H and O–H groups in total. The van der Waals surface area contributed by atoms with Crippen LogP contribution >= 0.6 is 0 Å². The number of piperidine rings is 1. The SMILES string of the molecule is CC1(C)C2OCCC2C1(N)CN1CCC2(CCCC2)CC1. The van der Waals surface area contributed by atoms with Crippen molar-refractivity contribution in [3.8, 4) is 0 Å². The molecule has 0 radical (unpaired) electrons. The van der Waals surface area contributed by atoms with Crippen LogP contribution in [0.15, 0.2) is 0 Å². The highest BCUT2D eigenvalue weighted by Crippen LogP contribution is 2.58. The van der Waals surface area contributed by atoms with Gasteiger partial charge >= 0.3 is 0 Å². The van der Waals surface area contributed by atoms with Crippen LogP contribution in [0.25, 0.3) is 0 Å². The maximum Gasteiger partial charge on any atom is 0.0691 e. The Bertz CT molecular complexity index is 405. The van der Waals surface area contributed by atoms with Gasteiger partial charge in [-0.05, 0) is 50.6 Å². The summed E-state index contributed by atoms with van der Waals surface area (Å²) in [6.45, 7) is 9.19. The molecule has 2 aliphatic heterocycles. The molecular formula is C18H32N2O. The van der Waals surface area contributed by atoms with Gasteiger partial charge in [0.25, 0.3) is 0 Å². The van der Waals surface area contributed by atoms with Crippen molar-refractivity contribution in [2.24, 2.45) is 22.5 Å². The minimum Gasteiger partial charge on any atom is -0.377 e. The van der Waals surface area contributed by atoms with E-state index in [1.807, 2.05) is 0 Å². The topological polar surface area (TPSA) is 38.5 Å². The third-order valence-corrected chi connectivity index (χ3v) is 7.73. The van der Waals surface area contributed by atoms with Gasteiger partial charge in [-0.3, -0.25) is 0 Å². The molecule has 21 heavy (non-hydrogen) atoms. The van der Waals surface area contributed by atoms with E-state index in [2.05, 4.69) is 18.7 Å². The van der Waals surface area contributed by atoms with E-state index in [9.17, 15) is 0 Å². The molecular weight excluding hydrogens is 260 g/mol. The molecule has 3 nitrogen and oxygen atoms in total. The number of fused-ring (bicyclic) bond motifs is 1. The van der Waals surface area contributed by atoms with E-state index in [0.717, 1.165) is 13.2 Å². The zero-order valence-corrected chi connectivity index (χ0v) is 13.9. The first-order valence-electron chi connectivity index (χ1n) is 9.10. The van der Waals surface area contributed by atoms with E-state index in [0.29, 0.717) is 17.4 Å². The maximum absolute atomic E-state index is 6.92. The number of ether oxygens (including phenoxy) is 1. The molecule has 4 rings (SSSR count). The Morgan fingerprint density at radius 1 is 1.10 bits per heavy atom. The predicted molar refractivity (Wildman–Crippen MR) is 85.1 cm³/mol. The van der Waals surface area contributed by atoms with Gasteiger partial charge in [-0.1, -0.05) is 26.7 Å². The van der Waals surface area contributed by atoms with Crippen LogP contribution in [-0.4, -0.2) is 42.8 Å². The fraction of sp³-hybridized carbons (Fsp3) is 1.00. The third-order valence-electron chi connectivity index (χ3n) is 7.73. The lowest BCUT2D eigenvalue weighted by Crippen LogP contribution is -2.78. The van der Waals surface area contributed by atoms with Crippen LogP contribution in [0.1, 0.15) is 58.8 Å². The summed E-state index contributed by atoms with van der Waals surface area (Å²) < 4.78 is 5.93. The highest BCUT2D eigenvalue weighted by molar-refractivity contribution is 5.21. The van der Waals surface area contributed by atoms with Gasteiger partial charge in [0.15, 0.2) is 0 Å². The zero-order valence-electron chi connectivity index (χ0n) is 13.9. The Morgan fingerprint density at radius 2 is 1.76 bits per heavy atom. The molecule has 3 heteroatoms. The summed E-state index contributed by atoms with van der Waals surface area (Å²) >= 11 is 0. The second-order valence-electron chi connectivity index (χ2n) is 8.93. The molecule has 0 aromatic carbocycles. The first kappa shape index (κ1) is 14.5. The first-order valence-corrected chi connectivity index (χ1v) is 9.10. The molecule has 2 aliphatic carbocycles. The molecule has 1 spiro atoms. The summed E-state index contributed by atoms with van der Waals surface area (Å²) in [5.74, 6) is 0.592. The Kier molecular flexibility index (Phi) is 3.23. The molecule has 0 aromatic rings. The van der Waals surface area contributed by atoms with E-state index < -0.39 is 0 Å². The summed E-state index contributed by atoms with van der Waals surface area (Å²) in [5, 5.41) is 0. The van der Waals surface area contributed by atoms with Crippen LogP contribution in [0.3, 0.4) is 0 Å². The molecule has 4 fully saturated rings. The van der Waals surface area contributed by atoms with Crippen molar-refractivity contribution in [3.63, 3.8) is 0 Å². The molecule has 2 heterocycles. The first-order chi connectivity index (χ1) is 9.97. The van der Waals surface area contributed by atoms with Crippen molar-refractivity contribution in [1.29, 1.82) is 0 Å². The molecule has 2 saturated heterocycles. The Hall–Kier alpha value is -0.120. The quantitative estimate of drug-likeness (QED) is 0.850. The van der Waals surface area contributed by atoms with Crippen LogP contribution in [0.4, 0.5) is 0 Å². The van der Waals surface area contributed by atoms with Gasteiger partial charge in [-0.2, -0.15) is 0 Å². The summed E-state index contributed by atoms with van der Waals surface area (Å²) in [7, 11) is 0.